The van der Waals surface area contributed by atoms with E-state index in [0.29, 0.717) is 19.3 Å². The zero-order valence-electron chi connectivity index (χ0n) is 42.5. The van der Waals surface area contributed by atoms with Crippen LogP contribution in [0, 0.1) is 0 Å². The first kappa shape index (κ1) is 61.6. The topological polar surface area (TPSA) is 78.9 Å². The molecule has 0 aliphatic carbocycles. The predicted octanol–water partition coefficient (Wildman–Crippen LogP) is 18.0. The Morgan fingerprint density at radius 3 is 1.15 bits per heavy atom. The van der Waals surface area contributed by atoms with Crippen LogP contribution in [0.5, 0.6) is 0 Å². The zero-order valence-corrected chi connectivity index (χ0v) is 42.5. The van der Waals surface area contributed by atoms with Crippen molar-refractivity contribution in [1.82, 2.24) is 0 Å². The maximum atomic E-state index is 12.8. The van der Waals surface area contributed by atoms with Gasteiger partial charge < -0.3 is 14.2 Å². The average Bonchev–Trinajstić information content (AvgIpc) is 3.30. The Bertz CT molecular complexity index is 1270. The van der Waals surface area contributed by atoms with Crippen molar-refractivity contribution >= 4 is 17.9 Å². The van der Waals surface area contributed by atoms with Gasteiger partial charge in [-0.2, -0.15) is 0 Å². The molecule has 0 saturated carbocycles. The van der Waals surface area contributed by atoms with E-state index in [1.165, 1.54) is 135 Å². The molecular formula is C59H100O6. The third-order valence-electron chi connectivity index (χ3n) is 11.5. The van der Waals surface area contributed by atoms with Gasteiger partial charge in [-0.15, -0.1) is 0 Å². The van der Waals surface area contributed by atoms with Crippen LogP contribution < -0.4 is 0 Å². The van der Waals surface area contributed by atoms with Gasteiger partial charge in [-0.25, -0.2) is 0 Å². The van der Waals surface area contributed by atoms with Crippen LogP contribution in [-0.4, -0.2) is 37.2 Å². The first-order valence-corrected chi connectivity index (χ1v) is 27.1. The molecule has 65 heavy (non-hydrogen) atoms. The molecule has 0 fully saturated rings. The summed E-state index contributed by atoms with van der Waals surface area (Å²) >= 11 is 0. The lowest BCUT2D eigenvalue weighted by molar-refractivity contribution is -0.167. The van der Waals surface area contributed by atoms with Crippen molar-refractivity contribution in [2.75, 3.05) is 13.2 Å². The third kappa shape index (κ3) is 51.4. The fourth-order valence-electron chi connectivity index (χ4n) is 7.41. The summed E-state index contributed by atoms with van der Waals surface area (Å²) < 4.78 is 16.7. The van der Waals surface area contributed by atoms with Gasteiger partial charge in [0.1, 0.15) is 13.2 Å². The number of allylic oxidation sites excluding steroid dienone is 14. The number of hydrogen-bond donors (Lipinski definition) is 0. The van der Waals surface area contributed by atoms with Crippen LogP contribution in [0.1, 0.15) is 252 Å². The first-order chi connectivity index (χ1) is 32.0. The van der Waals surface area contributed by atoms with Crippen molar-refractivity contribution in [1.29, 1.82) is 0 Å². The smallest absolute Gasteiger partial charge is 0.306 e. The molecular weight excluding hydrogens is 805 g/mol. The molecule has 0 amide bonds. The molecule has 0 bridgehead atoms. The molecule has 0 heterocycles. The van der Waals surface area contributed by atoms with Crippen LogP contribution in [-0.2, 0) is 28.6 Å². The number of hydrogen-bond acceptors (Lipinski definition) is 6. The lowest BCUT2D eigenvalue weighted by Gasteiger charge is -2.18. The fraction of sp³-hybridized carbons (Fsp3) is 0.712. The van der Waals surface area contributed by atoms with E-state index in [-0.39, 0.29) is 37.5 Å². The van der Waals surface area contributed by atoms with Gasteiger partial charge in [0.05, 0.1) is 0 Å². The maximum absolute atomic E-state index is 12.8. The van der Waals surface area contributed by atoms with Crippen LogP contribution in [0.4, 0.5) is 0 Å². The molecule has 0 aromatic rings. The largest absolute Gasteiger partial charge is 0.462 e. The molecule has 0 spiro atoms. The van der Waals surface area contributed by atoms with Crippen LogP contribution in [0.25, 0.3) is 0 Å². The normalized spacial score (nSPS) is 12.7. The zero-order chi connectivity index (χ0) is 47.2. The van der Waals surface area contributed by atoms with Crippen molar-refractivity contribution in [3.8, 4) is 0 Å². The fourth-order valence-corrected chi connectivity index (χ4v) is 7.41. The number of carbonyl (C=O) groups excluding carboxylic acids is 3. The Balaban J connectivity index is 4.48. The van der Waals surface area contributed by atoms with Crippen LogP contribution >= 0.6 is 0 Å². The molecule has 0 saturated heterocycles. The van der Waals surface area contributed by atoms with Crippen LogP contribution in [0.2, 0.25) is 0 Å². The van der Waals surface area contributed by atoms with E-state index >= 15 is 0 Å². The Hall–Kier alpha value is -3.41. The van der Waals surface area contributed by atoms with E-state index in [9.17, 15) is 14.4 Å². The third-order valence-corrected chi connectivity index (χ3v) is 11.5. The number of ether oxygens (including phenoxy) is 3. The molecule has 6 nitrogen and oxygen atoms in total. The summed E-state index contributed by atoms with van der Waals surface area (Å²) in [7, 11) is 0. The SMILES string of the molecule is CC\C=C/C=C\C=C/C=C\CCCCCC(=O)OCC(COC(=O)CCC/C=C\C/C=C\C/C=C\CCCCCCCC)OC(=O)CCCCCCCCCCCCCCCCCCC. The van der Waals surface area contributed by atoms with Crippen molar-refractivity contribution in [2.24, 2.45) is 0 Å². The molecule has 0 rings (SSSR count). The van der Waals surface area contributed by atoms with E-state index in [4.69, 9.17) is 14.2 Å². The van der Waals surface area contributed by atoms with Gasteiger partial charge in [-0.1, -0.05) is 247 Å². The number of esters is 3. The molecule has 0 radical (unpaired) electrons. The highest BCUT2D eigenvalue weighted by Gasteiger charge is 2.19. The molecule has 6 heteroatoms. The molecule has 0 aromatic heterocycles. The molecule has 1 unspecified atom stereocenters. The van der Waals surface area contributed by atoms with Crippen molar-refractivity contribution in [3.05, 3.63) is 85.1 Å². The van der Waals surface area contributed by atoms with Crippen LogP contribution in [0.3, 0.4) is 0 Å². The molecule has 0 N–H and O–H groups in total. The second kappa shape index (κ2) is 53.2. The highest BCUT2D eigenvalue weighted by Crippen LogP contribution is 2.15. The lowest BCUT2D eigenvalue weighted by atomic mass is 10.0. The highest BCUT2D eigenvalue weighted by atomic mass is 16.6. The number of carbonyl (C=O) groups is 3. The van der Waals surface area contributed by atoms with Crippen molar-refractivity contribution in [2.45, 2.75) is 258 Å². The van der Waals surface area contributed by atoms with E-state index < -0.39 is 6.10 Å². The van der Waals surface area contributed by atoms with Crippen LogP contribution in [0.15, 0.2) is 85.1 Å². The van der Waals surface area contributed by atoms with Gasteiger partial charge >= 0.3 is 17.9 Å². The molecule has 0 aliphatic heterocycles. The van der Waals surface area contributed by atoms with Gasteiger partial charge in [-0.3, -0.25) is 14.4 Å². The molecule has 0 aromatic carbocycles. The lowest BCUT2D eigenvalue weighted by Crippen LogP contribution is -2.30. The van der Waals surface area contributed by atoms with E-state index in [2.05, 4.69) is 69.4 Å². The number of rotatable bonds is 48. The average molecular weight is 905 g/mol. The minimum atomic E-state index is -0.811. The first-order valence-electron chi connectivity index (χ1n) is 27.1. The summed E-state index contributed by atoms with van der Waals surface area (Å²) in [5, 5.41) is 0. The minimum Gasteiger partial charge on any atom is -0.462 e. The quantitative estimate of drug-likeness (QED) is 0.0199. The Morgan fingerprint density at radius 1 is 0.338 bits per heavy atom. The summed E-state index contributed by atoms with van der Waals surface area (Å²) in [5.74, 6) is -0.995. The van der Waals surface area contributed by atoms with Gasteiger partial charge in [0, 0.05) is 19.3 Å². The Kier molecular flexibility index (Phi) is 50.4. The van der Waals surface area contributed by atoms with E-state index in [0.717, 1.165) is 70.6 Å². The van der Waals surface area contributed by atoms with E-state index in [1.807, 2.05) is 36.5 Å². The second-order valence-corrected chi connectivity index (χ2v) is 17.9. The summed E-state index contributed by atoms with van der Waals surface area (Å²) in [6.07, 6.45) is 68.7. The standard InChI is InChI=1S/C59H100O6/c1-4-7-10-13-16-19-22-25-27-29-31-34-37-40-43-46-49-52-58(61)64-55-56(54-63-57(60)51-48-45-42-39-36-33-24-21-18-15-12-9-6-3)65-59(62)53-50-47-44-41-38-35-32-30-28-26-23-20-17-14-11-8-5-2/h9,12,15,18,21,24-25,27,31,33-34,36,40,43,56H,4-8,10-11,13-14,16-17,19-20,22-23,26,28-30,32,35,37-39,41-42,44-55H2,1-3H3/b12-9-,18-15-,24-21-,27-25-,34-31-,36-33-,43-40-. The highest BCUT2D eigenvalue weighted by molar-refractivity contribution is 5.71. The van der Waals surface area contributed by atoms with Crippen molar-refractivity contribution < 1.29 is 28.6 Å². The van der Waals surface area contributed by atoms with Gasteiger partial charge in [0.15, 0.2) is 6.10 Å². The second-order valence-electron chi connectivity index (χ2n) is 17.9. The van der Waals surface area contributed by atoms with Crippen molar-refractivity contribution in [3.63, 3.8) is 0 Å². The summed E-state index contributed by atoms with van der Waals surface area (Å²) in [6, 6.07) is 0. The Morgan fingerprint density at radius 2 is 0.677 bits per heavy atom. The summed E-state index contributed by atoms with van der Waals surface area (Å²) in [6.45, 7) is 6.42. The maximum Gasteiger partial charge on any atom is 0.306 e. The van der Waals surface area contributed by atoms with Gasteiger partial charge in [0.2, 0.25) is 0 Å². The molecule has 0 aliphatic rings. The van der Waals surface area contributed by atoms with Gasteiger partial charge in [-0.05, 0) is 70.6 Å². The minimum absolute atomic E-state index is 0.111. The van der Waals surface area contributed by atoms with Gasteiger partial charge in [0.25, 0.3) is 0 Å². The predicted molar refractivity (Wildman–Crippen MR) is 279 cm³/mol. The van der Waals surface area contributed by atoms with E-state index in [1.54, 1.807) is 0 Å². The number of unbranched alkanes of at least 4 members (excludes halogenated alkanes) is 26. The monoisotopic (exact) mass is 905 g/mol. The summed E-state index contributed by atoms with van der Waals surface area (Å²) in [4.78, 5) is 38.0. The molecule has 372 valence electrons. The molecule has 1 atom stereocenters. The summed E-state index contributed by atoms with van der Waals surface area (Å²) in [5.41, 5.74) is 0. The Labute approximate surface area is 401 Å².